The Kier molecular flexibility index (Phi) is 8.74. The Morgan fingerprint density at radius 2 is 1.36 bits per heavy atom. The van der Waals surface area contributed by atoms with Gasteiger partial charge in [0.15, 0.2) is 0 Å². The van der Waals surface area contributed by atoms with Crippen LogP contribution in [-0.2, 0) is 22.6 Å². The van der Waals surface area contributed by atoms with Crippen LogP contribution < -0.4 is 15.5 Å². The Hall–Kier alpha value is -3.64. The average molecular weight is 485 g/mol. The summed E-state index contributed by atoms with van der Waals surface area (Å²) >= 11 is 0. The Balaban J connectivity index is 1.28. The van der Waals surface area contributed by atoms with E-state index in [9.17, 15) is 9.59 Å². The normalized spacial score (nSPS) is 14.9. The number of hydrogen-bond acceptors (Lipinski definition) is 4. The van der Waals surface area contributed by atoms with Gasteiger partial charge in [0.1, 0.15) is 6.04 Å². The van der Waals surface area contributed by atoms with Crippen LogP contribution in [0.3, 0.4) is 0 Å². The van der Waals surface area contributed by atoms with Gasteiger partial charge in [-0.25, -0.2) is 0 Å². The summed E-state index contributed by atoms with van der Waals surface area (Å²) in [4.78, 5) is 30.4. The molecule has 1 aliphatic rings. The molecule has 1 atom stereocenters. The lowest BCUT2D eigenvalue weighted by atomic mass is 10.0. The van der Waals surface area contributed by atoms with Gasteiger partial charge in [-0.3, -0.25) is 14.5 Å². The molecule has 1 fully saturated rings. The highest BCUT2D eigenvalue weighted by Crippen LogP contribution is 2.21. The van der Waals surface area contributed by atoms with Crippen LogP contribution in [0.2, 0.25) is 0 Å². The molecule has 4 rings (SSSR count). The van der Waals surface area contributed by atoms with Crippen molar-refractivity contribution < 1.29 is 9.59 Å². The second-order valence-corrected chi connectivity index (χ2v) is 9.74. The average Bonchev–Trinajstić information content (AvgIpc) is 2.89. The van der Waals surface area contributed by atoms with E-state index >= 15 is 0 Å². The van der Waals surface area contributed by atoms with Gasteiger partial charge in [0.05, 0.1) is 6.42 Å². The number of nitrogens with one attached hydrogen (secondary N) is 2. The minimum atomic E-state index is -0.599. The third-order valence-electron chi connectivity index (χ3n) is 6.59. The molecule has 1 saturated heterocycles. The van der Waals surface area contributed by atoms with Gasteiger partial charge in [-0.05, 0) is 41.3 Å². The molecule has 0 unspecified atom stereocenters. The molecule has 0 bridgehead atoms. The molecule has 0 aliphatic carbocycles. The maximum atomic E-state index is 13.0. The highest BCUT2D eigenvalue weighted by atomic mass is 16.2. The molecular formula is C30H36N4O2. The molecule has 1 heterocycles. The van der Waals surface area contributed by atoms with Crippen molar-refractivity contribution in [2.45, 2.75) is 32.9 Å². The molecule has 0 aromatic heterocycles. The Morgan fingerprint density at radius 3 is 1.94 bits per heavy atom. The van der Waals surface area contributed by atoms with Gasteiger partial charge < -0.3 is 15.5 Å². The van der Waals surface area contributed by atoms with E-state index in [1.54, 1.807) is 0 Å². The largest absolute Gasteiger partial charge is 0.369 e. The lowest BCUT2D eigenvalue weighted by Crippen LogP contribution is -2.47. The highest BCUT2D eigenvalue weighted by molar-refractivity contribution is 5.97. The third kappa shape index (κ3) is 7.18. The number of hydrogen-bond donors (Lipinski definition) is 2. The van der Waals surface area contributed by atoms with Crippen LogP contribution in [0.1, 0.15) is 25.0 Å². The summed E-state index contributed by atoms with van der Waals surface area (Å²) in [6.07, 6.45) is 0.255. The Bertz CT molecular complexity index is 1110. The quantitative estimate of drug-likeness (QED) is 0.475. The fourth-order valence-electron chi connectivity index (χ4n) is 4.52. The van der Waals surface area contributed by atoms with Crippen LogP contribution in [-0.4, -0.2) is 48.9 Å². The minimum absolute atomic E-state index is 0.0313. The summed E-state index contributed by atoms with van der Waals surface area (Å²) in [5, 5.41) is 5.88. The molecule has 36 heavy (non-hydrogen) atoms. The molecule has 6 nitrogen and oxygen atoms in total. The van der Waals surface area contributed by atoms with Gasteiger partial charge in [-0.2, -0.15) is 0 Å². The van der Waals surface area contributed by atoms with E-state index in [2.05, 4.69) is 62.9 Å². The van der Waals surface area contributed by atoms with Crippen molar-refractivity contribution in [1.29, 1.82) is 0 Å². The number of piperazine rings is 1. The Labute approximate surface area is 214 Å². The molecule has 0 spiro atoms. The fourth-order valence-corrected chi connectivity index (χ4v) is 4.52. The zero-order chi connectivity index (χ0) is 25.3. The molecule has 2 N–H and O–H groups in total. The first kappa shape index (κ1) is 25.5. The van der Waals surface area contributed by atoms with Gasteiger partial charge in [-0.1, -0.05) is 74.5 Å². The van der Waals surface area contributed by atoms with Gasteiger partial charge in [0.25, 0.3) is 0 Å². The smallest absolute Gasteiger partial charge is 0.247 e. The molecule has 0 saturated carbocycles. The van der Waals surface area contributed by atoms with Gasteiger partial charge in [0, 0.05) is 44.1 Å². The number of benzene rings is 3. The molecular weight excluding hydrogens is 448 g/mol. The van der Waals surface area contributed by atoms with Crippen LogP contribution in [0.15, 0.2) is 84.9 Å². The van der Waals surface area contributed by atoms with Crippen molar-refractivity contribution in [1.82, 2.24) is 10.2 Å². The van der Waals surface area contributed by atoms with Crippen molar-refractivity contribution in [3.63, 3.8) is 0 Å². The van der Waals surface area contributed by atoms with Gasteiger partial charge in [-0.15, -0.1) is 0 Å². The number of rotatable bonds is 9. The van der Waals surface area contributed by atoms with E-state index in [0.29, 0.717) is 0 Å². The van der Waals surface area contributed by atoms with Crippen molar-refractivity contribution >= 4 is 23.2 Å². The van der Waals surface area contributed by atoms with Crippen LogP contribution in [0.25, 0.3) is 0 Å². The number of carbonyl (C=O) groups excluding carboxylic acids is 2. The maximum Gasteiger partial charge on any atom is 0.247 e. The van der Waals surface area contributed by atoms with E-state index in [-0.39, 0.29) is 24.2 Å². The highest BCUT2D eigenvalue weighted by Gasteiger charge is 2.24. The number of carbonyl (C=O) groups is 2. The molecule has 0 radical (unpaired) electrons. The summed E-state index contributed by atoms with van der Waals surface area (Å²) in [6.45, 7) is 8.85. The van der Waals surface area contributed by atoms with Crippen molar-refractivity contribution in [2.75, 3.05) is 36.4 Å². The zero-order valence-corrected chi connectivity index (χ0v) is 21.2. The summed E-state index contributed by atoms with van der Waals surface area (Å²) in [7, 11) is 0. The molecule has 3 aromatic rings. The van der Waals surface area contributed by atoms with Crippen LogP contribution >= 0.6 is 0 Å². The minimum Gasteiger partial charge on any atom is -0.369 e. The van der Waals surface area contributed by atoms with E-state index in [4.69, 9.17) is 0 Å². The number of nitrogens with zero attached hydrogens (tertiary/aromatic N) is 2. The van der Waals surface area contributed by atoms with Gasteiger partial charge in [0.2, 0.25) is 11.8 Å². The topological polar surface area (TPSA) is 64.7 Å². The standard InChI is InChI=1S/C30H36N4O2/c1-23(2)29(32-28(35)21-24-9-5-3-6-10-24)30(36)31-26-13-15-27(16-14-26)34-19-17-33(18-20-34)22-25-11-7-4-8-12-25/h3-16,23,29H,17-22H2,1-2H3,(H,31,36)(H,32,35)/t29-/m0/s1. The lowest BCUT2D eigenvalue weighted by molar-refractivity contribution is -0.127. The Morgan fingerprint density at radius 1 is 0.778 bits per heavy atom. The summed E-state index contributed by atoms with van der Waals surface area (Å²) in [6, 6.07) is 27.5. The second-order valence-electron chi connectivity index (χ2n) is 9.74. The molecule has 3 aromatic carbocycles. The maximum absolute atomic E-state index is 13.0. The van der Waals surface area contributed by atoms with E-state index < -0.39 is 6.04 Å². The third-order valence-corrected chi connectivity index (χ3v) is 6.59. The monoisotopic (exact) mass is 484 g/mol. The summed E-state index contributed by atoms with van der Waals surface area (Å²) < 4.78 is 0. The summed E-state index contributed by atoms with van der Waals surface area (Å²) in [5.41, 5.74) is 4.16. The fraction of sp³-hybridized carbons (Fsp3) is 0.333. The SMILES string of the molecule is CC(C)[C@H](NC(=O)Cc1ccccc1)C(=O)Nc1ccc(N2CCN(Cc3ccccc3)CC2)cc1. The van der Waals surface area contributed by atoms with Crippen molar-refractivity contribution in [3.05, 3.63) is 96.1 Å². The molecule has 6 heteroatoms. The predicted octanol–water partition coefficient (Wildman–Crippen LogP) is 4.33. The lowest BCUT2D eigenvalue weighted by Gasteiger charge is -2.36. The molecule has 1 aliphatic heterocycles. The predicted molar refractivity (Wildman–Crippen MR) is 146 cm³/mol. The van der Waals surface area contributed by atoms with Crippen LogP contribution in [0.4, 0.5) is 11.4 Å². The van der Waals surface area contributed by atoms with E-state index in [1.165, 1.54) is 5.56 Å². The zero-order valence-electron chi connectivity index (χ0n) is 21.2. The first-order valence-corrected chi connectivity index (χ1v) is 12.7. The van der Waals surface area contributed by atoms with Crippen LogP contribution in [0.5, 0.6) is 0 Å². The van der Waals surface area contributed by atoms with Crippen molar-refractivity contribution in [2.24, 2.45) is 5.92 Å². The van der Waals surface area contributed by atoms with Crippen LogP contribution in [0, 0.1) is 5.92 Å². The second kappa shape index (κ2) is 12.4. The molecule has 188 valence electrons. The number of anilines is 2. The van der Waals surface area contributed by atoms with E-state index in [0.717, 1.165) is 49.7 Å². The first-order chi connectivity index (χ1) is 17.5. The molecule has 2 amide bonds. The van der Waals surface area contributed by atoms with Crippen molar-refractivity contribution in [3.8, 4) is 0 Å². The summed E-state index contributed by atoms with van der Waals surface area (Å²) in [5.74, 6) is -0.387. The number of amides is 2. The van der Waals surface area contributed by atoms with Gasteiger partial charge >= 0.3 is 0 Å². The van der Waals surface area contributed by atoms with E-state index in [1.807, 2.05) is 56.3 Å². The first-order valence-electron chi connectivity index (χ1n) is 12.7.